The molecular formula is C18H15N3O6. The molecule has 0 unspecified atom stereocenters. The Labute approximate surface area is 153 Å². The van der Waals surface area contributed by atoms with Gasteiger partial charge in [-0.25, -0.2) is 4.79 Å². The Balaban J connectivity index is 1.73. The van der Waals surface area contributed by atoms with Gasteiger partial charge in [0.1, 0.15) is 0 Å². The van der Waals surface area contributed by atoms with Crippen LogP contribution in [0.3, 0.4) is 0 Å². The molecule has 9 heteroatoms. The van der Waals surface area contributed by atoms with Crippen molar-refractivity contribution in [3.05, 3.63) is 81.9 Å². The smallest absolute Gasteiger partial charge is 0.331 e. The Kier molecular flexibility index (Phi) is 6.77. The molecule has 0 heterocycles. The molecule has 0 saturated carbocycles. The van der Waals surface area contributed by atoms with Gasteiger partial charge in [0.05, 0.1) is 4.92 Å². The number of ether oxygens (including phenoxy) is 1. The molecule has 2 rings (SSSR count). The van der Waals surface area contributed by atoms with E-state index in [-0.39, 0.29) is 11.3 Å². The number of rotatable bonds is 6. The summed E-state index contributed by atoms with van der Waals surface area (Å²) in [5.74, 6) is -2.13. The van der Waals surface area contributed by atoms with Crippen LogP contribution in [-0.4, -0.2) is 29.3 Å². The number of hydrogen-bond acceptors (Lipinski definition) is 6. The quantitative estimate of drug-likeness (QED) is 0.345. The molecular weight excluding hydrogens is 354 g/mol. The van der Waals surface area contributed by atoms with E-state index in [4.69, 9.17) is 4.74 Å². The molecule has 0 radical (unpaired) electrons. The first-order valence-electron chi connectivity index (χ1n) is 7.69. The first kappa shape index (κ1) is 19.3. The van der Waals surface area contributed by atoms with Crippen molar-refractivity contribution in [1.82, 2.24) is 10.9 Å². The number of nitro groups is 1. The average Bonchev–Trinajstić information content (AvgIpc) is 2.69. The predicted octanol–water partition coefficient (Wildman–Crippen LogP) is 1.61. The highest BCUT2D eigenvalue weighted by molar-refractivity contribution is 5.96. The fraction of sp³-hybridized carbons (Fsp3) is 0.0556. The van der Waals surface area contributed by atoms with Crippen molar-refractivity contribution < 1.29 is 24.0 Å². The van der Waals surface area contributed by atoms with E-state index < -0.39 is 29.3 Å². The Bertz CT molecular complexity index is 862. The largest absolute Gasteiger partial charge is 0.452 e. The van der Waals surface area contributed by atoms with E-state index in [1.807, 2.05) is 18.2 Å². The average molecular weight is 369 g/mol. The molecule has 0 aliphatic heterocycles. The van der Waals surface area contributed by atoms with Crippen LogP contribution in [0.5, 0.6) is 0 Å². The second-order valence-corrected chi connectivity index (χ2v) is 5.16. The van der Waals surface area contributed by atoms with Gasteiger partial charge in [-0.2, -0.15) is 0 Å². The number of hydrogen-bond donors (Lipinski definition) is 2. The molecule has 0 spiro atoms. The number of nitrogens with zero attached hydrogens (tertiary/aromatic N) is 1. The van der Waals surface area contributed by atoms with Crippen LogP contribution in [0.1, 0.15) is 15.9 Å². The number of esters is 1. The summed E-state index contributed by atoms with van der Waals surface area (Å²) in [4.78, 5) is 44.9. The van der Waals surface area contributed by atoms with Crippen LogP contribution >= 0.6 is 0 Å². The lowest BCUT2D eigenvalue weighted by Gasteiger charge is -2.07. The van der Waals surface area contributed by atoms with Gasteiger partial charge in [-0.3, -0.25) is 30.6 Å². The van der Waals surface area contributed by atoms with E-state index in [0.717, 1.165) is 17.7 Å². The zero-order valence-electron chi connectivity index (χ0n) is 14.0. The van der Waals surface area contributed by atoms with Crippen molar-refractivity contribution in [1.29, 1.82) is 0 Å². The van der Waals surface area contributed by atoms with Gasteiger partial charge in [0.2, 0.25) is 0 Å². The summed E-state index contributed by atoms with van der Waals surface area (Å²) < 4.78 is 4.74. The molecule has 0 bridgehead atoms. The Morgan fingerprint density at radius 1 is 1.00 bits per heavy atom. The summed E-state index contributed by atoms with van der Waals surface area (Å²) >= 11 is 0. The summed E-state index contributed by atoms with van der Waals surface area (Å²) in [6.45, 7) is -0.585. The highest BCUT2D eigenvalue weighted by atomic mass is 16.6. The fourth-order valence-electron chi connectivity index (χ4n) is 1.88. The topological polar surface area (TPSA) is 128 Å². The highest BCUT2D eigenvalue weighted by Crippen LogP contribution is 2.11. The van der Waals surface area contributed by atoms with E-state index >= 15 is 0 Å². The second kappa shape index (κ2) is 9.47. The number of nitro benzene ring substituents is 1. The maximum absolute atomic E-state index is 11.8. The van der Waals surface area contributed by atoms with Gasteiger partial charge in [-0.05, 0) is 23.8 Å². The third-order valence-corrected chi connectivity index (χ3v) is 3.21. The molecule has 2 amide bonds. The standard InChI is InChI=1S/C18H15N3O6/c22-16(12-27-17(23)11-6-13-4-2-1-3-5-13)19-20-18(24)14-7-9-15(10-8-14)21(25)26/h1-11H,12H2,(H,19,22)(H,20,24). The summed E-state index contributed by atoms with van der Waals surface area (Å²) in [6, 6.07) is 13.9. The second-order valence-electron chi connectivity index (χ2n) is 5.16. The third kappa shape index (κ3) is 6.42. The molecule has 138 valence electrons. The normalized spacial score (nSPS) is 10.2. The van der Waals surface area contributed by atoms with Crippen LogP contribution in [0.15, 0.2) is 60.7 Å². The lowest BCUT2D eigenvalue weighted by molar-refractivity contribution is -0.384. The molecule has 0 atom stereocenters. The zero-order chi connectivity index (χ0) is 19.6. The number of amides is 2. The minimum Gasteiger partial charge on any atom is -0.452 e. The van der Waals surface area contributed by atoms with Gasteiger partial charge < -0.3 is 4.74 Å². The molecule has 0 aliphatic carbocycles. The first-order chi connectivity index (χ1) is 13.0. The van der Waals surface area contributed by atoms with Crippen molar-refractivity contribution in [3.63, 3.8) is 0 Å². The van der Waals surface area contributed by atoms with Crippen molar-refractivity contribution in [2.24, 2.45) is 0 Å². The summed E-state index contributed by atoms with van der Waals surface area (Å²) in [5, 5.41) is 10.6. The van der Waals surface area contributed by atoms with Crippen molar-refractivity contribution in [3.8, 4) is 0 Å². The Morgan fingerprint density at radius 3 is 2.30 bits per heavy atom. The molecule has 2 aromatic rings. The molecule has 0 saturated heterocycles. The van der Waals surface area contributed by atoms with Gasteiger partial charge in [0.15, 0.2) is 6.61 Å². The summed E-state index contributed by atoms with van der Waals surface area (Å²) in [7, 11) is 0. The van der Waals surface area contributed by atoms with E-state index in [9.17, 15) is 24.5 Å². The molecule has 27 heavy (non-hydrogen) atoms. The summed E-state index contributed by atoms with van der Waals surface area (Å²) in [6.07, 6.45) is 2.72. The number of hydrazine groups is 1. The van der Waals surface area contributed by atoms with Crippen molar-refractivity contribution in [2.75, 3.05) is 6.61 Å². The zero-order valence-corrected chi connectivity index (χ0v) is 14.0. The van der Waals surface area contributed by atoms with Gasteiger partial charge >= 0.3 is 5.97 Å². The van der Waals surface area contributed by atoms with E-state index in [0.29, 0.717) is 0 Å². The molecule has 0 fully saturated rings. The van der Waals surface area contributed by atoms with Crippen LogP contribution < -0.4 is 10.9 Å². The lowest BCUT2D eigenvalue weighted by atomic mass is 10.2. The van der Waals surface area contributed by atoms with Gasteiger partial charge in [0, 0.05) is 23.8 Å². The number of benzene rings is 2. The van der Waals surface area contributed by atoms with Crippen LogP contribution in [0.2, 0.25) is 0 Å². The van der Waals surface area contributed by atoms with Crippen molar-refractivity contribution in [2.45, 2.75) is 0 Å². The number of carbonyl (C=O) groups is 3. The maximum atomic E-state index is 11.8. The Morgan fingerprint density at radius 2 is 1.67 bits per heavy atom. The first-order valence-corrected chi connectivity index (χ1v) is 7.69. The maximum Gasteiger partial charge on any atom is 0.331 e. The SMILES string of the molecule is O=C(COC(=O)C=Cc1ccccc1)NNC(=O)c1ccc([N+](=O)[O-])cc1. The van der Waals surface area contributed by atoms with Gasteiger partial charge in [-0.1, -0.05) is 30.3 Å². The third-order valence-electron chi connectivity index (χ3n) is 3.21. The van der Waals surface area contributed by atoms with E-state index in [1.165, 1.54) is 24.3 Å². The number of carbonyl (C=O) groups excluding carboxylic acids is 3. The molecule has 0 aliphatic rings. The molecule has 2 N–H and O–H groups in total. The van der Waals surface area contributed by atoms with Gasteiger partial charge in [-0.15, -0.1) is 0 Å². The number of non-ortho nitro benzene ring substituents is 1. The van der Waals surface area contributed by atoms with Crippen molar-refractivity contribution >= 4 is 29.5 Å². The van der Waals surface area contributed by atoms with Gasteiger partial charge in [0.25, 0.3) is 17.5 Å². The monoisotopic (exact) mass is 369 g/mol. The summed E-state index contributed by atoms with van der Waals surface area (Å²) in [5.41, 5.74) is 4.94. The predicted molar refractivity (Wildman–Crippen MR) is 95.1 cm³/mol. The Hall–Kier alpha value is -4.01. The highest BCUT2D eigenvalue weighted by Gasteiger charge is 2.11. The van der Waals surface area contributed by atoms with Crippen LogP contribution in [0.4, 0.5) is 5.69 Å². The molecule has 9 nitrogen and oxygen atoms in total. The van der Waals surface area contributed by atoms with E-state index in [2.05, 4.69) is 10.9 Å². The van der Waals surface area contributed by atoms with Crippen LogP contribution in [-0.2, 0) is 14.3 Å². The lowest BCUT2D eigenvalue weighted by Crippen LogP contribution is -2.43. The minimum absolute atomic E-state index is 0.115. The van der Waals surface area contributed by atoms with Crippen LogP contribution in [0.25, 0.3) is 6.08 Å². The van der Waals surface area contributed by atoms with E-state index in [1.54, 1.807) is 12.1 Å². The fourth-order valence-corrected chi connectivity index (χ4v) is 1.88. The van der Waals surface area contributed by atoms with Crippen LogP contribution in [0, 0.1) is 10.1 Å². The number of nitrogens with one attached hydrogen (secondary N) is 2. The molecule has 2 aromatic carbocycles. The minimum atomic E-state index is -0.744. The molecule has 0 aromatic heterocycles.